The van der Waals surface area contributed by atoms with Crippen molar-refractivity contribution in [2.24, 2.45) is 4.99 Å². The number of aliphatic imine (C=N–C) groups is 1. The van der Waals surface area contributed by atoms with E-state index in [-0.39, 0.29) is 24.0 Å². The van der Waals surface area contributed by atoms with Gasteiger partial charge in [0.2, 0.25) is 0 Å². The Morgan fingerprint density at radius 1 is 1.30 bits per heavy atom. The Morgan fingerprint density at radius 2 is 2.04 bits per heavy atom. The standard InChI is InChI=1S/C16H34N4OS.HI/c1-5-17-16(18-11-12-20(4)6-2)19-14-9-8-10-15(13-14)22(21)7-3;/h14-15H,5-13H2,1-4H3,(H2,17,18,19);1H. The van der Waals surface area contributed by atoms with Crippen molar-refractivity contribution in [1.82, 2.24) is 15.5 Å². The lowest BCUT2D eigenvalue weighted by Gasteiger charge is -2.30. The van der Waals surface area contributed by atoms with Crippen molar-refractivity contribution in [2.75, 3.05) is 39.0 Å². The summed E-state index contributed by atoms with van der Waals surface area (Å²) in [6.45, 7) is 9.95. The van der Waals surface area contributed by atoms with Crippen molar-refractivity contribution >= 4 is 40.7 Å². The molecule has 0 amide bonds. The molecule has 0 spiro atoms. The van der Waals surface area contributed by atoms with Crippen LogP contribution in [0.4, 0.5) is 0 Å². The summed E-state index contributed by atoms with van der Waals surface area (Å²) in [6, 6.07) is 0.399. The summed E-state index contributed by atoms with van der Waals surface area (Å²) in [7, 11) is 1.44. The van der Waals surface area contributed by atoms with E-state index in [0.29, 0.717) is 11.3 Å². The zero-order chi connectivity index (χ0) is 16.4. The SMILES string of the molecule is CCNC(=NCCN(C)CC)NC1CCCC(S(=O)CC)C1.I. The van der Waals surface area contributed by atoms with Gasteiger partial charge in [0.25, 0.3) is 0 Å². The van der Waals surface area contributed by atoms with Gasteiger partial charge in [0.1, 0.15) is 0 Å². The first kappa shape index (κ1) is 23.1. The highest BCUT2D eigenvalue weighted by Crippen LogP contribution is 2.22. The van der Waals surface area contributed by atoms with E-state index in [4.69, 9.17) is 0 Å². The van der Waals surface area contributed by atoms with Crippen LogP contribution in [0.5, 0.6) is 0 Å². The molecule has 7 heteroatoms. The van der Waals surface area contributed by atoms with E-state index in [0.717, 1.165) is 63.6 Å². The quantitative estimate of drug-likeness (QED) is 0.333. The second-order valence-corrected chi connectivity index (χ2v) is 7.96. The van der Waals surface area contributed by atoms with Crippen LogP contribution in [0.25, 0.3) is 0 Å². The summed E-state index contributed by atoms with van der Waals surface area (Å²) >= 11 is 0. The summed E-state index contributed by atoms with van der Waals surface area (Å²) in [5, 5.41) is 7.22. The van der Waals surface area contributed by atoms with Crippen LogP contribution < -0.4 is 10.6 Å². The van der Waals surface area contributed by atoms with E-state index in [1.54, 1.807) is 0 Å². The van der Waals surface area contributed by atoms with Crippen LogP contribution in [0, 0.1) is 0 Å². The van der Waals surface area contributed by atoms with E-state index in [2.05, 4.69) is 41.4 Å². The van der Waals surface area contributed by atoms with Crippen molar-refractivity contribution in [2.45, 2.75) is 57.7 Å². The maximum absolute atomic E-state index is 12.0. The topological polar surface area (TPSA) is 56.7 Å². The molecule has 138 valence electrons. The van der Waals surface area contributed by atoms with E-state index in [1.165, 1.54) is 0 Å². The van der Waals surface area contributed by atoms with Gasteiger partial charge in [-0.05, 0) is 39.8 Å². The van der Waals surface area contributed by atoms with Gasteiger partial charge in [-0.25, -0.2) is 0 Å². The molecule has 0 heterocycles. The molecule has 3 atom stereocenters. The molecule has 0 saturated heterocycles. The first-order chi connectivity index (χ1) is 10.6. The molecule has 1 aliphatic carbocycles. The van der Waals surface area contributed by atoms with Crippen molar-refractivity contribution in [1.29, 1.82) is 0 Å². The van der Waals surface area contributed by atoms with Gasteiger partial charge >= 0.3 is 0 Å². The van der Waals surface area contributed by atoms with E-state index in [9.17, 15) is 4.21 Å². The molecule has 0 aromatic carbocycles. The Labute approximate surface area is 161 Å². The van der Waals surface area contributed by atoms with Gasteiger partial charge in [0.15, 0.2) is 5.96 Å². The fourth-order valence-corrected chi connectivity index (χ4v) is 4.10. The number of rotatable bonds is 8. The molecule has 0 aromatic rings. The first-order valence-electron chi connectivity index (χ1n) is 8.71. The second-order valence-electron chi connectivity index (χ2n) is 5.96. The summed E-state index contributed by atoms with van der Waals surface area (Å²) in [6.07, 6.45) is 4.41. The average molecular weight is 458 g/mol. The minimum absolute atomic E-state index is 0. The largest absolute Gasteiger partial charge is 0.357 e. The van der Waals surface area contributed by atoms with Gasteiger partial charge < -0.3 is 15.5 Å². The third kappa shape index (κ3) is 9.24. The van der Waals surface area contributed by atoms with Crippen LogP contribution in [0.3, 0.4) is 0 Å². The van der Waals surface area contributed by atoms with Crippen molar-refractivity contribution < 1.29 is 4.21 Å². The summed E-state index contributed by atoms with van der Waals surface area (Å²) in [5.41, 5.74) is 0. The molecular weight excluding hydrogens is 423 g/mol. The van der Waals surface area contributed by atoms with Crippen LogP contribution in [0.1, 0.15) is 46.5 Å². The minimum Gasteiger partial charge on any atom is -0.357 e. The number of likely N-dealkylation sites (N-methyl/N-ethyl adjacent to an activating group) is 1. The summed E-state index contributed by atoms with van der Waals surface area (Å²) in [5.74, 6) is 1.68. The lowest BCUT2D eigenvalue weighted by Crippen LogP contribution is -2.46. The minimum atomic E-state index is -0.672. The number of guanidine groups is 1. The maximum atomic E-state index is 12.0. The number of hydrogen-bond acceptors (Lipinski definition) is 3. The van der Waals surface area contributed by atoms with Gasteiger partial charge in [0.05, 0.1) is 6.54 Å². The number of nitrogens with zero attached hydrogens (tertiary/aromatic N) is 2. The number of nitrogens with one attached hydrogen (secondary N) is 2. The smallest absolute Gasteiger partial charge is 0.191 e. The fraction of sp³-hybridized carbons (Fsp3) is 0.938. The third-order valence-corrected chi connectivity index (χ3v) is 6.00. The lowest BCUT2D eigenvalue weighted by atomic mass is 9.95. The lowest BCUT2D eigenvalue weighted by molar-refractivity contribution is 0.362. The Bertz CT molecular complexity index is 368. The van der Waals surface area contributed by atoms with Crippen LogP contribution in [0.2, 0.25) is 0 Å². The van der Waals surface area contributed by atoms with E-state index in [1.807, 2.05) is 6.92 Å². The molecule has 23 heavy (non-hydrogen) atoms. The molecule has 1 fully saturated rings. The third-order valence-electron chi connectivity index (χ3n) is 4.26. The first-order valence-corrected chi connectivity index (χ1v) is 10.1. The second kappa shape index (κ2) is 13.4. The van der Waals surface area contributed by atoms with E-state index >= 15 is 0 Å². The predicted molar refractivity (Wildman–Crippen MR) is 112 cm³/mol. The normalized spacial score (nSPS) is 23.3. The van der Waals surface area contributed by atoms with Crippen molar-refractivity contribution in [3.8, 4) is 0 Å². The molecule has 5 nitrogen and oxygen atoms in total. The van der Waals surface area contributed by atoms with Gasteiger partial charge in [-0.2, -0.15) is 0 Å². The summed E-state index contributed by atoms with van der Waals surface area (Å²) in [4.78, 5) is 6.92. The molecule has 1 aliphatic rings. The van der Waals surface area contributed by atoms with Crippen LogP contribution in [-0.2, 0) is 10.8 Å². The van der Waals surface area contributed by atoms with Gasteiger partial charge in [-0.15, -0.1) is 24.0 Å². The molecule has 2 N–H and O–H groups in total. The van der Waals surface area contributed by atoms with Gasteiger partial charge in [0, 0.05) is 40.9 Å². The fourth-order valence-electron chi connectivity index (χ4n) is 2.75. The van der Waals surface area contributed by atoms with E-state index < -0.39 is 10.8 Å². The Balaban J connectivity index is 0.00000484. The van der Waals surface area contributed by atoms with Crippen LogP contribution in [-0.4, -0.2) is 65.3 Å². The molecule has 0 aromatic heterocycles. The Hall–Kier alpha value is 0.110. The Morgan fingerprint density at radius 3 is 2.65 bits per heavy atom. The molecule has 1 rings (SSSR count). The monoisotopic (exact) mass is 458 g/mol. The number of halogens is 1. The van der Waals surface area contributed by atoms with Crippen LogP contribution in [0.15, 0.2) is 4.99 Å². The molecule has 3 unspecified atom stereocenters. The van der Waals surface area contributed by atoms with Crippen molar-refractivity contribution in [3.63, 3.8) is 0 Å². The van der Waals surface area contributed by atoms with Crippen molar-refractivity contribution in [3.05, 3.63) is 0 Å². The maximum Gasteiger partial charge on any atom is 0.191 e. The summed E-state index contributed by atoms with van der Waals surface area (Å²) < 4.78 is 12.0. The molecular formula is C16H35IN4OS. The predicted octanol–water partition coefficient (Wildman–Crippen LogP) is 2.19. The Kier molecular flexibility index (Phi) is 13.5. The zero-order valence-corrected chi connectivity index (χ0v) is 18.3. The molecule has 1 saturated carbocycles. The molecule has 0 radical (unpaired) electrons. The highest BCUT2D eigenvalue weighted by atomic mass is 127. The average Bonchev–Trinajstić information content (AvgIpc) is 2.54. The van der Waals surface area contributed by atoms with Gasteiger partial charge in [-0.3, -0.25) is 9.20 Å². The van der Waals surface area contributed by atoms with Crippen LogP contribution >= 0.6 is 24.0 Å². The number of hydrogen-bond donors (Lipinski definition) is 2. The highest BCUT2D eigenvalue weighted by Gasteiger charge is 2.25. The zero-order valence-electron chi connectivity index (χ0n) is 15.1. The molecule has 0 aliphatic heterocycles. The highest BCUT2D eigenvalue weighted by molar-refractivity contribution is 14.0. The molecule has 0 bridgehead atoms. The van der Waals surface area contributed by atoms with Gasteiger partial charge in [-0.1, -0.05) is 20.3 Å².